The summed E-state index contributed by atoms with van der Waals surface area (Å²) in [5, 5.41) is 0. The third-order valence-electron chi connectivity index (χ3n) is 1.80. The average molecular weight is 242 g/mol. The van der Waals surface area contributed by atoms with E-state index < -0.39 is 0 Å². The third kappa shape index (κ3) is 2.56. The first kappa shape index (κ1) is 10.3. The fraction of sp³-hybridized carbons (Fsp3) is 0.300. The SMILES string of the molecule is CCCC(=O)c1ccc(N)c(Br)c1. The number of benzene rings is 1. The molecule has 1 rings (SSSR count). The number of hydrogen-bond donors (Lipinski definition) is 1. The number of rotatable bonds is 3. The molecule has 0 spiro atoms. The Morgan fingerprint density at radius 3 is 2.77 bits per heavy atom. The van der Waals surface area contributed by atoms with Crippen molar-refractivity contribution < 1.29 is 4.79 Å². The second-order valence-electron chi connectivity index (χ2n) is 2.91. The zero-order valence-electron chi connectivity index (χ0n) is 7.51. The van der Waals surface area contributed by atoms with E-state index >= 15 is 0 Å². The van der Waals surface area contributed by atoms with Gasteiger partial charge in [0.25, 0.3) is 0 Å². The highest BCUT2D eigenvalue weighted by molar-refractivity contribution is 9.10. The molecule has 0 atom stereocenters. The summed E-state index contributed by atoms with van der Waals surface area (Å²) >= 11 is 3.29. The Morgan fingerprint density at radius 1 is 1.54 bits per heavy atom. The van der Waals surface area contributed by atoms with Crippen LogP contribution in [0.5, 0.6) is 0 Å². The smallest absolute Gasteiger partial charge is 0.162 e. The highest BCUT2D eigenvalue weighted by Gasteiger charge is 2.05. The Hall–Kier alpha value is -0.830. The van der Waals surface area contributed by atoms with Gasteiger partial charge in [0.1, 0.15) is 0 Å². The first-order valence-electron chi connectivity index (χ1n) is 4.23. The van der Waals surface area contributed by atoms with E-state index in [0.717, 1.165) is 16.5 Å². The molecule has 3 heteroatoms. The first-order chi connectivity index (χ1) is 6.15. The van der Waals surface area contributed by atoms with Gasteiger partial charge in [0.15, 0.2) is 5.78 Å². The van der Waals surface area contributed by atoms with Crippen LogP contribution in [0.3, 0.4) is 0 Å². The van der Waals surface area contributed by atoms with Crippen LogP contribution in [0, 0.1) is 0 Å². The van der Waals surface area contributed by atoms with Crippen molar-refractivity contribution in [3.63, 3.8) is 0 Å². The number of ketones is 1. The summed E-state index contributed by atoms with van der Waals surface area (Å²) in [5.74, 6) is 0.170. The lowest BCUT2D eigenvalue weighted by Gasteiger charge is -2.01. The summed E-state index contributed by atoms with van der Waals surface area (Å²) in [6.45, 7) is 1.99. The van der Waals surface area contributed by atoms with Gasteiger partial charge in [0.2, 0.25) is 0 Å². The number of nitrogens with two attached hydrogens (primary N) is 1. The molecule has 0 saturated carbocycles. The molecule has 1 aromatic rings. The highest BCUT2D eigenvalue weighted by Crippen LogP contribution is 2.21. The molecule has 0 unspecified atom stereocenters. The molecule has 0 amide bonds. The summed E-state index contributed by atoms with van der Waals surface area (Å²) in [4.78, 5) is 11.4. The van der Waals surface area contributed by atoms with Crippen LogP contribution in [0.15, 0.2) is 22.7 Å². The maximum atomic E-state index is 11.4. The van der Waals surface area contributed by atoms with Crippen LogP contribution in [0.25, 0.3) is 0 Å². The lowest BCUT2D eigenvalue weighted by Crippen LogP contribution is -1.98. The number of Topliss-reactive ketones (excluding diaryl/α,β-unsaturated/α-hetero) is 1. The molecule has 2 nitrogen and oxygen atoms in total. The van der Waals surface area contributed by atoms with Crippen molar-refractivity contribution in [1.29, 1.82) is 0 Å². The van der Waals surface area contributed by atoms with Crippen molar-refractivity contribution in [3.05, 3.63) is 28.2 Å². The van der Waals surface area contributed by atoms with Crippen molar-refractivity contribution in [3.8, 4) is 0 Å². The number of halogens is 1. The second kappa shape index (κ2) is 4.42. The van der Waals surface area contributed by atoms with E-state index in [4.69, 9.17) is 5.73 Å². The molecule has 2 N–H and O–H groups in total. The van der Waals surface area contributed by atoms with Gasteiger partial charge in [-0.15, -0.1) is 0 Å². The topological polar surface area (TPSA) is 43.1 Å². The molecule has 0 aromatic heterocycles. The van der Waals surface area contributed by atoms with Crippen molar-refractivity contribution in [2.45, 2.75) is 19.8 Å². The molecule has 0 aliphatic heterocycles. The number of hydrogen-bond acceptors (Lipinski definition) is 2. The van der Waals surface area contributed by atoms with Crippen LogP contribution in [0.2, 0.25) is 0 Å². The lowest BCUT2D eigenvalue weighted by atomic mass is 10.1. The van der Waals surface area contributed by atoms with E-state index in [1.165, 1.54) is 0 Å². The zero-order valence-corrected chi connectivity index (χ0v) is 9.10. The van der Waals surface area contributed by atoms with Crippen molar-refractivity contribution >= 4 is 27.4 Å². The standard InChI is InChI=1S/C10H12BrNO/c1-2-3-10(13)7-4-5-9(12)8(11)6-7/h4-6H,2-3,12H2,1H3. The van der Waals surface area contributed by atoms with E-state index in [1.807, 2.05) is 6.92 Å². The van der Waals surface area contributed by atoms with Gasteiger partial charge in [-0.3, -0.25) is 4.79 Å². The molecule has 0 aliphatic carbocycles. The van der Waals surface area contributed by atoms with Gasteiger partial charge in [-0.2, -0.15) is 0 Å². The van der Waals surface area contributed by atoms with Crippen LogP contribution in [0.1, 0.15) is 30.1 Å². The molecule has 70 valence electrons. The van der Waals surface area contributed by atoms with Crippen molar-refractivity contribution in [2.75, 3.05) is 5.73 Å². The van der Waals surface area contributed by atoms with Crippen LogP contribution >= 0.6 is 15.9 Å². The van der Waals surface area contributed by atoms with Crippen LogP contribution in [-0.2, 0) is 0 Å². The van der Waals surface area contributed by atoms with Crippen molar-refractivity contribution in [2.24, 2.45) is 0 Å². The number of carbonyl (C=O) groups is 1. The minimum absolute atomic E-state index is 0.170. The molecule has 1 aromatic carbocycles. The van der Waals surface area contributed by atoms with E-state index in [9.17, 15) is 4.79 Å². The monoisotopic (exact) mass is 241 g/mol. The predicted octanol–water partition coefficient (Wildman–Crippen LogP) is 3.01. The Morgan fingerprint density at radius 2 is 2.23 bits per heavy atom. The van der Waals surface area contributed by atoms with E-state index in [0.29, 0.717) is 12.1 Å². The fourth-order valence-corrected chi connectivity index (χ4v) is 1.45. The molecule has 0 saturated heterocycles. The Bertz CT molecular complexity index is 323. The van der Waals surface area contributed by atoms with Gasteiger partial charge in [-0.1, -0.05) is 6.92 Å². The average Bonchev–Trinajstić information content (AvgIpc) is 2.10. The Balaban J connectivity index is 2.90. The summed E-state index contributed by atoms with van der Waals surface area (Å²) in [6, 6.07) is 5.28. The summed E-state index contributed by atoms with van der Waals surface area (Å²) in [5.41, 5.74) is 6.99. The fourth-order valence-electron chi connectivity index (χ4n) is 1.07. The number of anilines is 1. The van der Waals surface area contributed by atoms with Gasteiger partial charge >= 0.3 is 0 Å². The largest absolute Gasteiger partial charge is 0.398 e. The number of carbonyl (C=O) groups excluding carboxylic acids is 1. The summed E-state index contributed by atoms with van der Waals surface area (Å²) in [7, 11) is 0. The van der Waals surface area contributed by atoms with Crippen molar-refractivity contribution in [1.82, 2.24) is 0 Å². The Labute approximate surface area is 86.3 Å². The van der Waals surface area contributed by atoms with Gasteiger partial charge in [-0.05, 0) is 40.5 Å². The quantitative estimate of drug-likeness (QED) is 0.653. The van der Waals surface area contributed by atoms with Gasteiger partial charge in [0.05, 0.1) is 0 Å². The normalized spacial score (nSPS) is 10.0. The van der Waals surface area contributed by atoms with Gasteiger partial charge in [0, 0.05) is 22.1 Å². The minimum atomic E-state index is 0.170. The zero-order chi connectivity index (χ0) is 9.84. The predicted molar refractivity (Wildman–Crippen MR) is 57.8 cm³/mol. The van der Waals surface area contributed by atoms with Gasteiger partial charge < -0.3 is 5.73 Å². The summed E-state index contributed by atoms with van der Waals surface area (Å²) < 4.78 is 0.787. The van der Waals surface area contributed by atoms with Gasteiger partial charge in [-0.25, -0.2) is 0 Å². The molecular formula is C10H12BrNO. The van der Waals surface area contributed by atoms with E-state index in [2.05, 4.69) is 15.9 Å². The molecule has 13 heavy (non-hydrogen) atoms. The number of nitrogen functional groups attached to an aromatic ring is 1. The maximum Gasteiger partial charge on any atom is 0.162 e. The molecular weight excluding hydrogens is 230 g/mol. The van der Waals surface area contributed by atoms with E-state index in [-0.39, 0.29) is 5.78 Å². The molecule has 0 heterocycles. The van der Waals surface area contributed by atoms with Crippen LogP contribution in [-0.4, -0.2) is 5.78 Å². The molecule has 0 radical (unpaired) electrons. The van der Waals surface area contributed by atoms with E-state index in [1.54, 1.807) is 18.2 Å². The van der Waals surface area contributed by atoms with Crippen LogP contribution in [0.4, 0.5) is 5.69 Å². The molecule has 0 aliphatic rings. The minimum Gasteiger partial charge on any atom is -0.398 e. The third-order valence-corrected chi connectivity index (χ3v) is 2.49. The Kier molecular flexibility index (Phi) is 3.48. The highest BCUT2D eigenvalue weighted by atomic mass is 79.9. The van der Waals surface area contributed by atoms with Crippen LogP contribution < -0.4 is 5.73 Å². The summed E-state index contributed by atoms with van der Waals surface area (Å²) in [6.07, 6.45) is 1.47. The second-order valence-corrected chi connectivity index (χ2v) is 3.76. The molecule has 0 fully saturated rings. The maximum absolute atomic E-state index is 11.4. The lowest BCUT2D eigenvalue weighted by molar-refractivity contribution is 0.0981. The first-order valence-corrected chi connectivity index (χ1v) is 5.02. The molecule has 0 bridgehead atoms.